The molecule has 0 saturated heterocycles. The van der Waals surface area contributed by atoms with E-state index in [0.717, 1.165) is 19.4 Å². The van der Waals surface area contributed by atoms with Crippen molar-refractivity contribution < 1.29 is 9.90 Å². The summed E-state index contributed by atoms with van der Waals surface area (Å²) in [6.45, 7) is 7.77. The van der Waals surface area contributed by atoms with Crippen molar-refractivity contribution in [2.45, 2.75) is 19.8 Å². The maximum atomic E-state index is 11.6. The van der Waals surface area contributed by atoms with Crippen LogP contribution in [0.4, 0.5) is 0 Å². The maximum Gasteiger partial charge on any atom is 0.236 e. The van der Waals surface area contributed by atoms with Crippen LogP contribution in [-0.2, 0) is 4.79 Å². The van der Waals surface area contributed by atoms with E-state index in [0.29, 0.717) is 19.6 Å². The van der Waals surface area contributed by atoms with Gasteiger partial charge in [-0.1, -0.05) is 19.4 Å². The van der Waals surface area contributed by atoms with Gasteiger partial charge in [-0.3, -0.25) is 4.79 Å². The Balaban J connectivity index is 3.86. The normalized spacial score (nSPS) is 10.0. The lowest BCUT2D eigenvalue weighted by Crippen LogP contribution is -2.40. The zero-order valence-electron chi connectivity index (χ0n) is 9.54. The van der Waals surface area contributed by atoms with Crippen molar-refractivity contribution in [2.75, 3.05) is 32.8 Å². The molecular formula is C11H22N2O2. The van der Waals surface area contributed by atoms with Gasteiger partial charge in [0.05, 0.1) is 13.2 Å². The minimum absolute atomic E-state index is 0.0247. The first kappa shape index (κ1) is 14.1. The zero-order valence-corrected chi connectivity index (χ0v) is 9.54. The fourth-order valence-corrected chi connectivity index (χ4v) is 1.22. The number of aliphatic hydroxyl groups is 1. The smallest absolute Gasteiger partial charge is 0.236 e. The van der Waals surface area contributed by atoms with Gasteiger partial charge in [0.2, 0.25) is 5.91 Å². The van der Waals surface area contributed by atoms with Gasteiger partial charge in [0.25, 0.3) is 0 Å². The molecule has 0 aliphatic rings. The highest BCUT2D eigenvalue weighted by molar-refractivity contribution is 5.78. The Morgan fingerprint density at radius 3 is 2.80 bits per heavy atom. The van der Waals surface area contributed by atoms with Crippen LogP contribution in [0.5, 0.6) is 0 Å². The van der Waals surface area contributed by atoms with E-state index < -0.39 is 0 Å². The van der Waals surface area contributed by atoms with Gasteiger partial charge in [0, 0.05) is 19.6 Å². The minimum Gasteiger partial charge on any atom is -0.395 e. The van der Waals surface area contributed by atoms with Crippen LogP contribution in [0.25, 0.3) is 0 Å². The fraction of sp³-hybridized carbons (Fsp3) is 0.727. The second-order valence-corrected chi connectivity index (χ2v) is 3.38. The van der Waals surface area contributed by atoms with Crippen LogP contribution in [0.15, 0.2) is 12.7 Å². The van der Waals surface area contributed by atoms with Crippen molar-refractivity contribution >= 4 is 5.91 Å². The average molecular weight is 214 g/mol. The van der Waals surface area contributed by atoms with Crippen molar-refractivity contribution in [3.8, 4) is 0 Å². The molecule has 0 atom stereocenters. The Hall–Kier alpha value is -0.870. The lowest BCUT2D eigenvalue weighted by Gasteiger charge is -2.21. The van der Waals surface area contributed by atoms with E-state index in [1.54, 1.807) is 11.0 Å². The molecule has 0 aromatic carbocycles. The van der Waals surface area contributed by atoms with Crippen LogP contribution in [0.2, 0.25) is 0 Å². The maximum absolute atomic E-state index is 11.6. The van der Waals surface area contributed by atoms with Gasteiger partial charge in [-0.25, -0.2) is 0 Å². The molecule has 88 valence electrons. The summed E-state index contributed by atoms with van der Waals surface area (Å²) in [7, 11) is 0. The molecule has 4 heteroatoms. The van der Waals surface area contributed by atoms with Gasteiger partial charge in [0.1, 0.15) is 0 Å². The average Bonchev–Trinajstić information content (AvgIpc) is 2.24. The third-order valence-corrected chi connectivity index (χ3v) is 2.07. The summed E-state index contributed by atoms with van der Waals surface area (Å²) >= 11 is 0. The molecule has 0 radical (unpaired) electrons. The number of amides is 1. The Morgan fingerprint density at radius 2 is 2.27 bits per heavy atom. The van der Waals surface area contributed by atoms with Crippen LogP contribution in [-0.4, -0.2) is 48.7 Å². The molecule has 0 rings (SSSR count). The number of nitrogens with zero attached hydrogens (tertiary/aromatic N) is 1. The number of hydrogen-bond acceptors (Lipinski definition) is 3. The zero-order chi connectivity index (χ0) is 11.5. The second kappa shape index (κ2) is 9.68. The predicted octanol–water partition coefficient (Wildman–Crippen LogP) is 0.383. The summed E-state index contributed by atoms with van der Waals surface area (Å²) in [5.74, 6) is 0.0411. The van der Waals surface area contributed by atoms with Crippen LogP contribution in [0, 0.1) is 0 Å². The number of nitrogens with one attached hydrogen (secondary N) is 1. The topological polar surface area (TPSA) is 52.6 Å². The first-order valence-electron chi connectivity index (χ1n) is 5.46. The minimum atomic E-state index is 0.0247. The van der Waals surface area contributed by atoms with E-state index >= 15 is 0 Å². The highest BCUT2D eigenvalue weighted by Gasteiger charge is 2.10. The highest BCUT2D eigenvalue weighted by Crippen LogP contribution is 1.95. The molecule has 15 heavy (non-hydrogen) atoms. The molecule has 0 unspecified atom stereocenters. The SMILES string of the molecule is C=CCNCC(=O)N(CCO)CCCC. The Kier molecular flexibility index (Phi) is 9.11. The Labute approximate surface area is 92.0 Å². The molecule has 2 N–H and O–H groups in total. The number of aliphatic hydroxyl groups excluding tert-OH is 1. The molecule has 1 amide bonds. The summed E-state index contributed by atoms with van der Waals surface area (Å²) in [4.78, 5) is 13.3. The van der Waals surface area contributed by atoms with E-state index in [4.69, 9.17) is 5.11 Å². The van der Waals surface area contributed by atoms with Gasteiger partial charge < -0.3 is 15.3 Å². The molecule has 0 spiro atoms. The highest BCUT2D eigenvalue weighted by atomic mass is 16.3. The van der Waals surface area contributed by atoms with E-state index in [1.807, 2.05) is 0 Å². The van der Waals surface area contributed by atoms with E-state index in [2.05, 4.69) is 18.8 Å². The monoisotopic (exact) mass is 214 g/mol. The van der Waals surface area contributed by atoms with Crippen molar-refractivity contribution in [2.24, 2.45) is 0 Å². The molecule has 0 aromatic rings. The summed E-state index contributed by atoms with van der Waals surface area (Å²) in [6.07, 6.45) is 3.75. The number of hydrogen-bond donors (Lipinski definition) is 2. The van der Waals surface area contributed by atoms with Gasteiger partial charge in [-0.2, -0.15) is 0 Å². The van der Waals surface area contributed by atoms with E-state index in [9.17, 15) is 4.79 Å². The van der Waals surface area contributed by atoms with Crippen LogP contribution < -0.4 is 5.32 Å². The fourth-order valence-electron chi connectivity index (χ4n) is 1.22. The summed E-state index contributed by atoms with van der Waals surface area (Å²) in [5.41, 5.74) is 0. The Bertz CT molecular complexity index is 183. The van der Waals surface area contributed by atoms with Crippen molar-refractivity contribution in [3.05, 3.63) is 12.7 Å². The molecule has 4 nitrogen and oxygen atoms in total. The first-order valence-corrected chi connectivity index (χ1v) is 5.46. The lowest BCUT2D eigenvalue weighted by atomic mass is 10.3. The summed E-state index contributed by atoms with van der Waals surface area (Å²) in [5, 5.41) is 11.8. The molecule has 0 aliphatic heterocycles. The molecule has 0 bridgehead atoms. The summed E-state index contributed by atoms with van der Waals surface area (Å²) in [6, 6.07) is 0. The van der Waals surface area contributed by atoms with Gasteiger partial charge in [0.15, 0.2) is 0 Å². The van der Waals surface area contributed by atoms with Crippen LogP contribution >= 0.6 is 0 Å². The quantitative estimate of drug-likeness (QED) is 0.431. The number of carbonyl (C=O) groups excluding carboxylic acids is 1. The molecule has 0 saturated carbocycles. The molecule has 0 aromatic heterocycles. The van der Waals surface area contributed by atoms with Crippen molar-refractivity contribution in [3.63, 3.8) is 0 Å². The Morgan fingerprint density at radius 1 is 1.53 bits per heavy atom. The first-order chi connectivity index (χ1) is 7.26. The van der Waals surface area contributed by atoms with Crippen LogP contribution in [0.1, 0.15) is 19.8 Å². The summed E-state index contributed by atoms with van der Waals surface area (Å²) < 4.78 is 0. The van der Waals surface area contributed by atoms with E-state index in [1.165, 1.54) is 0 Å². The van der Waals surface area contributed by atoms with Gasteiger partial charge in [-0.15, -0.1) is 6.58 Å². The largest absolute Gasteiger partial charge is 0.395 e. The van der Waals surface area contributed by atoms with E-state index in [-0.39, 0.29) is 12.5 Å². The van der Waals surface area contributed by atoms with Crippen molar-refractivity contribution in [1.29, 1.82) is 0 Å². The number of carbonyl (C=O) groups is 1. The third-order valence-electron chi connectivity index (χ3n) is 2.07. The van der Waals surface area contributed by atoms with Crippen molar-refractivity contribution in [1.82, 2.24) is 10.2 Å². The second-order valence-electron chi connectivity index (χ2n) is 3.38. The third kappa shape index (κ3) is 7.11. The molecule has 0 heterocycles. The molecule has 0 fully saturated rings. The van der Waals surface area contributed by atoms with Gasteiger partial charge in [-0.05, 0) is 6.42 Å². The van der Waals surface area contributed by atoms with Crippen LogP contribution in [0.3, 0.4) is 0 Å². The number of unbranched alkanes of at least 4 members (excludes halogenated alkanes) is 1. The van der Waals surface area contributed by atoms with Gasteiger partial charge >= 0.3 is 0 Å². The molecular weight excluding hydrogens is 192 g/mol. The standard InChI is InChI=1S/C11H22N2O2/c1-3-5-7-13(8-9-14)11(15)10-12-6-4-2/h4,12,14H,2-3,5-10H2,1H3. The lowest BCUT2D eigenvalue weighted by molar-refractivity contribution is -0.130. The molecule has 0 aliphatic carbocycles. The predicted molar refractivity (Wildman–Crippen MR) is 61.6 cm³/mol. The number of rotatable bonds is 9.